The highest BCUT2D eigenvalue weighted by Gasteiger charge is 2.09. The van der Waals surface area contributed by atoms with Gasteiger partial charge in [-0.15, -0.1) is 0 Å². The van der Waals surface area contributed by atoms with Gasteiger partial charge >= 0.3 is 0 Å². The Labute approximate surface area is 151 Å². The second-order valence-corrected chi connectivity index (χ2v) is 5.77. The molecule has 3 rings (SSSR count). The largest absolute Gasteiger partial charge is 0.352 e. The Balaban J connectivity index is 1.54. The summed E-state index contributed by atoms with van der Waals surface area (Å²) in [4.78, 5) is 24.2. The zero-order valence-corrected chi connectivity index (χ0v) is 14.0. The number of anilines is 1. The van der Waals surface area contributed by atoms with Crippen LogP contribution in [0.15, 0.2) is 66.7 Å². The Morgan fingerprint density at radius 3 is 2.46 bits per heavy atom. The molecule has 0 aliphatic rings. The second kappa shape index (κ2) is 7.95. The molecule has 3 aromatic rings. The van der Waals surface area contributed by atoms with Crippen LogP contribution in [-0.4, -0.2) is 18.4 Å². The smallest absolute Gasteiger partial charge is 0.251 e. The van der Waals surface area contributed by atoms with E-state index in [1.807, 2.05) is 42.5 Å². The van der Waals surface area contributed by atoms with E-state index in [1.54, 1.807) is 30.3 Å². The summed E-state index contributed by atoms with van der Waals surface area (Å²) in [5, 5.41) is 16.5. The summed E-state index contributed by atoms with van der Waals surface area (Å²) < 4.78 is 0. The first-order chi connectivity index (χ1) is 12.7. The molecule has 128 valence electrons. The van der Waals surface area contributed by atoms with Crippen molar-refractivity contribution in [2.45, 2.75) is 6.42 Å². The predicted molar refractivity (Wildman–Crippen MR) is 101 cm³/mol. The fourth-order valence-electron chi connectivity index (χ4n) is 2.62. The normalized spacial score (nSPS) is 10.1. The summed E-state index contributed by atoms with van der Waals surface area (Å²) in [5.41, 5.74) is 1.43. The average Bonchev–Trinajstić information content (AvgIpc) is 2.68. The summed E-state index contributed by atoms with van der Waals surface area (Å²) in [5.74, 6) is -0.479. The van der Waals surface area contributed by atoms with Crippen LogP contribution in [0.25, 0.3) is 10.8 Å². The van der Waals surface area contributed by atoms with Crippen molar-refractivity contribution in [1.82, 2.24) is 5.32 Å². The Morgan fingerprint density at radius 2 is 1.65 bits per heavy atom. The van der Waals surface area contributed by atoms with Crippen LogP contribution in [0.4, 0.5) is 5.69 Å². The van der Waals surface area contributed by atoms with Crippen molar-refractivity contribution in [1.29, 1.82) is 5.26 Å². The molecule has 0 aliphatic carbocycles. The molecule has 0 aliphatic heterocycles. The van der Waals surface area contributed by atoms with Gasteiger partial charge in [0.1, 0.15) is 6.07 Å². The van der Waals surface area contributed by atoms with Crippen molar-refractivity contribution in [2.75, 3.05) is 11.9 Å². The highest BCUT2D eigenvalue weighted by molar-refractivity contribution is 5.99. The predicted octanol–water partition coefficient (Wildman–Crippen LogP) is 3.47. The van der Waals surface area contributed by atoms with E-state index in [0.717, 1.165) is 10.8 Å². The number of nitrogens with zero attached hydrogens (tertiary/aromatic N) is 1. The zero-order valence-electron chi connectivity index (χ0n) is 14.0. The van der Waals surface area contributed by atoms with E-state index in [9.17, 15) is 9.59 Å². The fraction of sp³-hybridized carbons (Fsp3) is 0.0952. The number of nitriles is 1. The summed E-state index contributed by atoms with van der Waals surface area (Å²) in [7, 11) is 0. The molecule has 5 heteroatoms. The van der Waals surface area contributed by atoms with Crippen LogP contribution in [0.2, 0.25) is 0 Å². The van der Waals surface area contributed by atoms with Gasteiger partial charge < -0.3 is 10.6 Å². The van der Waals surface area contributed by atoms with Gasteiger partial charge in [-0.2, -0.15) is 5.26 Å². The van der Waals surface area contributed by atoms with Gasteiger partial charge in [-0.25, -0.2) is 0 Å². The third kappa shape index (κ3) is 4.05. The molecule has 0 atom stereocenters. The minimum Gasteiger partial charge on any atom is -0.352 e. The van der Waals surface area contributed by atoms with Gasteiger partial charge in [0.25, 0.3) is 5.91 Å². The molecule has 0 unspecified atom stereocenters. The maximum Gasteiger partial charge on any atom is 0.251 e. The van der Waals surface area contributed by atoms with Crippen molar-refractivity contribution in [3.63, 3.8) is 0 Å². The minimum atomic E-state index is -0.258. The number of carbonyl (C=O) groups is 2. The molecule has 0 spiro atoms. The van der Waals surface area contributed by atoms with Crippen molar-refractivity contribution in [3.8, 4) is 6.07 Å². The number of para-hydroxylation sites is 1. The van der Waals surface area contributed by atoms with Crippen LogP contribution < -0.4 is 10.6 Å². The first-order valence-electron chi connectivity index (χ1n) is 8.23. The number of hydrogen-bond acceptors (Lipinski definition) is 3. The number of rotatable bonds is 5. The maximum absolute atomic E-state index is 12.2. The monoisotopic (exact) mass is 343 g/mol. The van der Waals surface area contributed by atoms with E-state index >= 15 is 0 Å². The molecular weight excluding hydrogens is 326 g/mol. The topological polar surface area (TPSA) is 82.0 Å². The minimum absolute atomic E-state index is 0.124. The summed E-state index contributed by atoms with van der Waals surface area (Å²) >= 11 is 0. The second-order valence-electron chi connectivity index (χ2n) is 5.77. The molecule has 0 heterocycles. The summed E-state index contributed by atoms with van der Waals surface area (Å²) in [6, 6.07) is 22.1. The molecule has 0 fully saturated rings. The molecule has 2 N–H and O–H groups in total. The summed E-state index contributed by atoms with van der Waals surface area (Å²) in [6.07, 6.45) is 0.124. The Kier molecular flexibility index (Phi) is 5.25. The zero-order chi connectivity index (χ0) is 18.4. The highest BCUT2D eigenvalue weighted by atomic mass is 16.2. The number of hydrogen-bond donors (Lipinski definition) is 2. The third-order valence-corrected chi connectivity index (χ3v) is 3.97. The number of nitrogens with one attached hydrogen (secondary N) is 2. The van der Waals surface area contributed by atoms with Gasteiger partial charge in [0.2, 0.25) is 5.91 Å². The van der Waals surface area contributed by atoms with Crippen LogP contribution in [0.5, 0.6) is 0 Å². The van der Waals surface area contributed by atoms with Gasteiger partial charge in [0.15, 0.2) is 0 Å². The molecular formula is C21H17N3O2. The van der Waals surface area contributed by atoms with Gasteiger partial charge in [-0.1, -0.05) is 42.5 Å². The van der Waals surface area contributed by atoms with Crippen molar-refractivity contribution in [2.24, 2.45) is 0 Å². The molecule has 2 amide bonds. The first kappa shape index (κ1) is 17.2. The quantitative estimate of drug-likeness (QED) is 0.744. The number of carbonyl (C=O) groups excluding carboxylic acids is 2. The molecule has 5 nitrogen and oxygen atoms in total. The van der Waals surface area contributed by atoms with Crippen molar-refractivity contribution < 1.29 is 9.59 Å². The van der Waals surface area contributed by atoms with E-state index in [0.29, 0.717) is 16.8 Å². The number of amides is 2. The van der Waals surface area contributed by atoms with Crippen LogP contribution in [0.1, 0.15) is 22.3 Å². The van der Waals surface area contributed by atoms with Crippen LogP contribution in [-0.2, 0) is 4.79 Å². The third-order valence-electron chi connectivity index (χ3n) is 3.97. The first-order valence-corrected chi connectivity index (χ1v) is 8.23. The van der Waals surface area contributed by atoms with Crippen molar-refractivity contribution >= 4 is 28.3 Å². The lowest BCUT2D eigenvalue weighted by Crippen LogP contribution is -2.27. The van der Waals surface area contributed by atoms with E-state index in [4.69, 9.17) is 5.26 Å². The summed E-state index contributed by atoms with van der Waals surface area (Å²) in [6.45, 7) is 0.214. The van der Waals surface area contributed by atoms with Crippen LogP contribution in [0, 0.1) is 11.3 Å². The van der Waals surface area contributed by atoms with Crippen molar-refractivity contribution in [3.05, 3.63) is 77.9 Å². The Hall–Kier alpha value is -3.65. The van der Waals surface area contributed by atoms with Gasteiger partial charge in [-0.05, 0) is 35.0 Å². The molecule has 3 aromatic carbocycles. The standard InChI is InChI=1S/C21H17N3O2/c22-14-18-7-3-4-8-19(18)24-20(25)11-12-23-21(26)17-10-9-15-5-1-2-6-16(15)13-17/h1-10,13H,11-12H2,(H,23,26)(H,24,25). The van der Waals surface area contributed by atoms with E-state index in [2.05, 4.69) is 10.6 Å². The number of fused-ring (bicyclic) bond motifs is 1. The Bertz CT molecular complexity index is 1010. The molecule has 0 saturated carbocycles. The Morgan fingerprint density at radius 1 is 0.923 bits per heavy atom. The van der Waals surface area contributed by atoms with Crippen LogP contribution >= 0.6 is 0 Å². The molecule has 0 saturated heterocycles. The van der Waals surface area contributed by atoms with E-state index < -0.39 is 0 Å². The fourth-order valence-corrected chi connectivity index (χ4v) is 2.62. The number of benzene rings is 3. The SMILES string of the molecule is N#Cc1ccccc1NC(=O)CCNC(=O)c1ccc2ccccc2c1. The maximum atomic E-state index is 12.2. The molecule has 0 bridgehead atoms. The van der Waals surface area contributed by atoms with E-state index in [1.165, 1.54) is 0 Å². The molecule has 0 aromatic heterocycles. The highest BCUT2D eigenvalue weighted by Crippen LogP contribution is 2.16. The molecule has 0 radical (unpaired) electrons. The lowest BCUT2D eigenvalue weighted by molar-refractivity contribution is -0.116. The van der Waals surface area contributed by atoms with Gasteiger partial charge in [0.05, 0.1) is 11.3 Å². The van der Waals surface area contributed by atoms with Crippen LogP contribution in [0.3, 0.4) is 0 Å². The average molecular weight is 343 g/mol. The molecule has 26 heavy (non-hydrogen) atoms. The lowest BCUT2D eigenvalue weighted by atomic mass is 10.1. The van der Waals surface area contributed by atoms with E-state index in [-0.39, 0.29) is 24.8 Å². The van der Waals surface area contributed by atoms with Gasteiger partial charge in [-0.3, -0.25) is 9.59 Å². The lowest BCUT2D eigenvalue weighted by Gasteiger charge is -2.08. The van der Waals surface area contributed by atoms with Gasteiger partial charge in [0, 0.05) is 18.5 Å².